The minimum absolute atomic E-state index is 0.463. The molecule has 5 heteroatoms. The summed E-state index contributed by atoms with van der Waals surface area (Å²) in [4.78, 5) is 9.02. The molecule has 0 aliphatic rings. The van der Waals surface area contributed by atoms with E-state index >= 15 is 0 Å². The van der Waals surface area contributed by atoms with Crippen LogP contribution in [0.2, 0.25) is 10.2 Å². The highest BCUT2D eigenvalue weighted by Crippen LogP contribution is 2.31. The molecule has 2 nitrogen and oxygen atoms in total. The van der Waals surface area contributed by atoms with Crippen LogP contribution >= 0.6 is 34.5 Å². The lowest BCUT2D eigenvalue weighted by Crippen LogP contribution is -1.94. The number of aryl methyl sites for hydroxylation is 2. The Morgan fingerprint density at radius 3 is 2.53 bits per heavy atom. The van der Waals surface area contributed by atoms with Crippen LogP contribution in [0.15, 0.2) is 22.9 Å². The largest absolute Gasteiger partial charge is 0.228 e. The quantitative estimate of drug-likeness (QED) is 0.571. The summed E-state index contributed by atoms with van der Waals surface area (Å²) in [6, 6.07) is 3.68. The van der Waals surface area contributed by atoms with Crippen LogP contribution in [0.25, 0.3) is 22.3 Å². The van der Waals surface area contributed by atoms with Crippen LogP contribution in [0.3, 0.4) is 0 Å². The predicted molar refractivity (Wildman–Crippen MR) is 82.3 cm³/mol. The van der Waals surface area contributed by atoms with Crippen molar-refractivity contribution in [3.05, 3.63) is 44.2 Å². The van der Waals surface area contributed by atoms with E-state index in [2.05, 4.69) is 15.3 Å². The Labute approximate surface area is 125 Å². The third-order valence-corrected chi connectivity index (χ3v) is 4.66. The van der Waals surface area contributed by atoms with E-state index in [1.54, 1.807) is 11.3 Å². The van der Waals surface area contributed by atoms with E-state index in [4.69, 9.17) is 23.2 Å². The first kappa shape index (κ1) is 12.9. The summed E-state index contributed by atoms with van der Waals surface area (Å²) in [5.74, 6) is 0.654. The Morgan fingerprint density at radius 1 is 1.05 bits per heavy atom. The van der Waals surface area contributed by atoms with Crippen molar-refractivity contribution >= 4 is 45.4 Å². The maximum atomic E-state index is 6.26. The second kappa shape index (κ2) is 4.75. The summed E-state index contributed by atoms with van der Waals surface area (Å²) >= 11 is 14.0. The molecule has 0 N–H and O–H groups in total. The zero-order valence-corrected chi connectivity index (χ0v) is 12.7. The summed E-state index contributed by atoms with van der Waals surface area (Å²) in [5, 5.41) is 6.09. The van der Waals surface area contributed by atoms with Crippen molar-refractivity contribution in [3.63, 3.8) is 0 Å². The van der Waals surface area contributed by atoms with Crippen LogP contribution in [-0.2, 0) is 0 Å². The van der Waals surface area contributed by atoms with Gasteiger partial charge >= 0.3 is 0 Å². The Balaban J connectivity index is 2.35. The number of halogens is 2. The van der Waals surface area contributed by atoms with E-state index in [0.29, 0.717) is 16.0 Å². The molecule has 0 spiro atoms. The van der Waals surface area contributed by atoms with E-state index in [-0.39, 0.29) is 0 Å². The molecule has 0 atom stereocenters. The molecule has 0 aliphatic carbocycles. The van der Waals surface area contributed by atoms with Gasteiger partial charge in [-0.3, -0.25) is 0 Å². The highest BCUT2D eigenvalue weighted by Gasteiger charge is 2.13. The molecule has 0 saturated carbocycles. The fourth-order valence-electron chi connectivity index (χ4n) is 1.98. The van der Waals surface area contributed by atoms with Gasteiger partial charge in [0.2, 0.25) is 0 Å². The van der Waals surface area contributed by atoms with Crippen molar-refractivity contribution in [2.75, 3.05) is 0 Å². The smallest absolute Gasteiger partial charge is 0.162 e. The number of thiophene rings is 1. The minimum Gasteiger partial charge on any atom is -0.228 e. The number of rotatable bonds is 1. The van der Waals surface area contributed by atoms with Crippen molar-refractivity contribution in [1.29, 1.82) is 0 Å². The molecule has 3 aromatic rings. The third kappa shape index (κ3) is 2.12. The van der Waals surface area contributed by atoms with Gasteiger partial charge in [-0.25, -0.2) is 9.97 Å². The predicted octanol–water partition coefficient (Wildman–Crippen LogP) is 5.28. The molecule has 0 unspecified atom stereocenters. The first-order valence-corrected chi connectivity index (χ1v) is 7.43. The summed E-state index contributed by atoms with van der Waals surface area (Å²) in [7, 11) is 0. The van der Waals surface area contributed by atoms with Crippen molar-refractivity contribution in [2.45, 2.75) is 13.8 Å². The molecule has 3 rings (SSSR count). The van der Waals surface area contributed by atoms with Crippen molar-refractivity contribution in [2.24, 2.45) is 0 Å². The summed E-state index contributed by atoms with van der Waals surface area (Å²) in [6.45, 7) is 3.98. The van der Waals surface area contributed by atoms with Crippen LogP contribution in [0.4, 0.5) is 0 Å². The molecule has 0 aliphatic heterocycles. The zero-order valence-electron chi connectivity index (χ0n) is 10.4. The van der Waals surface area contributed by atoms with E-state index in [1.807, 2.05) is 31.4 Å². The summed E-state index contributed by atoms with van der Waals surface area (Å²) in [5.41, 5.74) is 3.92. The Bertz CT molecular complexity index is 780. The molecule has 0 radical (unpaired) electrons. The molecule has 19 heavy (non-hydrogen) atoms. The van der Waals surface area contributed by atoms with Crippen LogP contribution in [0.5, 0.6) is 0 Å². The number of aromatic nitrogens is 2. The first-order valence-electron chi connectivity index (χ1n) is 5.73. The molecule has 96 valence electrons. The number of fused-ring (bicyclic) bond motifs is 1. The fraction of sp³-hybridized carbons (Fsp3) is 0.143. The lowest BCUT2D eigenvalue weighted by atomic mass is 10.1. The van der Waals surface area contributed by atoms with Crippen LogP contribution < -0.4 is 0 Å². The van der Waals surface area contributed by atoms with E-state index < -0.39 is 0 Å². The molecule has 0 fully saturated rings. The summed E-state index contributed by atoms with van der Waals surface area (Å²) in [6.07, 6.45) is 0. The summed E-state index contributed by atoms with van der Waals surface area (Å²) < 4.78 is 0. The Kier molecular flexibility index (Phi) is 3.21. The highest BCUT2D eigenvalue weighted by molar-refractivity contribution is 7.08. The average molecular weight is 309 g/mol. The zero-order chi connectivity index (χ0) is 13.6. The van der Waals surface area contributed by atoms with Crippen LogP contribution in [0, 0.1) is 13.8 Å². The van der Waals surface area contributed by atoms with Gasteiger partial charge in [-0.2, -0.15) is 11.3 Å². The maximum absolute atomic E-state index is 6.26. The number of nitrogens with zero attached hydrogens (tertiary/aromatic N) is 2. The number of benzene rings is 1. The van der Waals surface area contributed by atoms with Crippen LogP contribution in [-0.4, -0.2) is 9.97 Å². The Morgan fingerprint density at radius 2 is 1.84 bits per heavy atom. The lowest BCUT2D eigenvalue weighted by Gasteiger charge is -2.07. The van der Waals surface area contributed by atoms with Gasteiger partial charge in [0, 0.05) is 21.4 Å². The molecular weight excluding hydrogens is 299 g/mol. The molecule has 2 aromatic heterocycles. The van der Waals surface area contributed by atoms with Gasteiger partial charge in [0.1, 0.15) is 5.15 Å². The fourth-order valence-corrected chi connectivity index (χ4v) is 3.19. The molecule has 2 heterocycles. The third-order valence-electron chi connectivity index (χ3n) is 3.11. The average Bonchev–Trinajstić information content (AvgIpc) is 2.80. The lowest BCUT2D eigenvalue weighted by molar-refractivity contribution is 1.21. The van der Waals surface area contributed by atoms with Gasteiger partial charge in [-0.1, -0.05) is 23.2 Å². The highest BCUT2D eigenvalue weighted by atomic mass is 35.5. The second-order valence-electron chi connectivity index (χ2n) is 4.38. The molecular formula is C14H10Cl2N2S. The van der Waals surface area contributed by atoms with Gasteiger partial charge in [0.25, 0.3) is 0 Å². The number of hydrogen-bond acceptors (Lipinski definition) is 3. The van der Waals surface area contributed by atoms with Crippen LogP contribution in [0.1, 0.15) is 11.1 Å². The molecule has 0 saturated heterocycles. The Hall–Kier alpha value is -1.16. The van der Waals surface area contributed by atoms with Gasteiger partial charge in [-0.05, 0) is 42.5 Å². The topological polar surface area (TPSA) is 25.8 Å². The van der Waals surface area contributed by atoms with E-state index in [1.165, 1.54) is 0 Å². The van der Waals surface area contributed by atoms with Gasteiger partial charge in [0.05, 0.1) is 5.52 Å². The van der Waals surface area contributed by atoms with Crippen molar-refractivity contribution < 1.29 is 0 Å². The van der Waals surface area contributed by atoms with Gasteiger partial charge < -0.3 is 0 Å². The maximum Gasteiger partial charge on any atom is 0.162 e. The normalized spacial score (nSPS) is 11.2. The van der Waals surface area contributed by atoms with E-state index in [0.717, 1.165) is 27.6 Å². The number of hydrogen-bond donors (Lipinski definition) is 0. The molecule has 0 bridgehead atoms. The standard InChI is InChI=1S/C14H10Cl2N2S/c1-7-5-19-6-10(7)14-17-12-8(2)11(15)4-3-9(12)13(16)18-14/h3-6H,1-2H3. The van der Waals surface area contributed by atoms with Gasteiger partial charge in [-0.15, -0.1) is 0 Å². The SMILES string of the molecule is Cc1cscc1-c1nc(Cl)c2ccc(Cl)c(C)c2n1. The van der Waals surface area contributed by atoms with Crippen molar-refractivity contribution in [1.82, 2.24) is 9.97 Å². The van der Waals surface area contributed by atoms with E-state index in [9.17, 15) is 0 Å². The molecule has 0 amide bonds. The first-order chi connectivity index (χ1) is 9.08. The van der Waals surface area contributed by atoms with Crippen molar-refractivity contribution in [3.8, 4) is 11.4 Å². The molecule has 1 aromatic carbocycles. The minimum atomic E-state index is 0.463. The monoisotopic (exact) mass is 308 g/mol. The van der Waals surface area contributed by atoms with Gasteiger partial charge in [0.15, 0.2) is 5.82 Å². The second-order valence-corrected chi connectivity index (χ2v) is 5.88.